The lowest BCUT2D eigenvalue weighted by molar-refractivity contribution is -0.148. The Morgan fingerprint density at radius 2 is 1.70 bits per heavy atom. The molecular weight excluding hydrogens is 312 g/mol. The molecule has 2 saturated heterocycles. The fourth-order valence-corrected chi connectivity index (χ4v) is 5.66. The summed E-state index contributed by atoms with van der Waals surface area (Å²) in [5.41, 5.74) is 6.39. The second-order valence-electron chi connectivity index (χ2n) is 8.06. The Hall–Kier alpha value is -0.320. The smallest absolute Gasteiger partial charge is 0.225 e. The fraction of sp³-hybridized carbons (Fsp3) is 0.944. The van der Waals surface area contributed by atoms with Gasteiger partial charge in [-0.3, -0.25) is 4.79 Å². The third kappa shape index (κ3) is 3.27. The SMILES string of the molecule is Cl.NC1C2CCCC1CC(C(=O)N1CCCC3COCCC31)C2. The van der Waals surface area contributed by atoms with Gasteiger partial charge in [0.1, 0.15) is 0 Å². The molecular formula is C18H31ClN2O2. The van der Waals surface area contributed by atoms with Crippen molar-refractivity contribution in [2.45, 2.75) is 63.5 Å². The topological polar surface area (TPSA) is 55.6 Å². The minimum absolute atomic E-state index is 0. The van der Waals surface area contributed by atoms with Crippen molar-refractivity contribution >= 4 is 18.3 Å². The number of fused-ring (bicyclic) bond motifs is 3. The maximum Gasteiger partial charge on any atom is 0.225 e. The molecule has 132 valence electrons. The van der Waals surface area contributed by atoms with Crippen LogP contribution in [0, 0.1) is 23.7 Å². The van der Waals surface area contributed by atoms with Crippen molar-refractivity contribution in [3.63, 3.8) is 0 Å². The standard InChI is InChI=1S/C18H30N2O2.ClH/c19-17-12-3-1-4-13(17)10-15(9-12)18(21)20-7-2-5-14-11-22-8-6-16(14)20;/h12-17H,1-11,19H2;1H. The molecule has 5 heteroatoms. The Morgan fingerprint density at radius 3 is 2.43 bits per heavy atom. The number of halogens is 1. The van der Waals surface area contributed by atoms with Gasteiger partial charge in [-0.1, -0.05) is 6.42 Å². The lowest BCUT2D eigenvalue weighted by Crippen LogP contribution is -2.56. The molecule has 2 bridgehead atoms. The van der Waals surface area contributed by atoms with E-state index in [-0.39, 0.29) is 18.3 Å². The second kappa shape index (κ2) is 7.28. The molecule has 23 heavy (non-hydrogen) atoms. The van der Waals surface area contributed by atoms with E-state index >= 15 is 0 Å². The van der Waals surface area contributed by atoms with Crippen LogP contribution in [0.2, 0.25) is 0 Å². The van der Waals surface area contributed by atoms with Crippen LogP contribution in [0.3, 0.4) is 0 Å². The number of piperidine rings is 1. The fourth-order valence-electron chi connectivity index (χ4n) is 5.66. The number of hydrogen-bond donors (Lipinski definition) is 1. The lowest BCUT2D eigenvalue weighted by atomic mass is 9.64. The molecule has 0 aromatic heterocycles. The van der Waals surface area contributed by atoms with E-state index in [4.69, 9.17) is 10.5 Å². The second-order valence-corrected chi connectivity index (χ2v) is 8.06. The van der Waals surface area contributed by atoms with E-state index in [9.17, 15) is 4.79 Å². The third-order valence-electron chi connectivity index (χ3n) is 6.85. The Kier molecular flexibility index (Phi) is 5.54. The average Bonchev–Trinajstić information content (AvgIpc) is 2.53. The molecule has 2 N–H and O–H groups in total. The predicted molar refractivity (Wildman–Crippen MR) is 92.4 cm³/mol. The van der Waals surface area contributed by atoms with Crippen LogP contribution in [-0.2, 0) is 9.53 Å². The summed E-state index contributed by atoms with van der Waals surface area (Å²) in [5.74, 6) is 2.46. The van der Waals surface area contributed by atoms with Crippen LogP contribution in [0.4, 0.5) is 0 Å². The van der Waals surface area contributed by atoms with Gasteiger partial charge >= 0.3 is 0 Å². The Bertz CT molecular complexity index is 417. The monoisotopic (exact) mass is 342 g/mol. The first-order chi connectivity index (χ1) is 10.7. The summed E-state index contributed by atoms with van der Waals surface area (Å²) >= 11 is 0. The molecule has 4 fully saturated rings. The predicted octanol–water partition coefficient (Wildman–Crippen LogP) is 2.59. The van der Waals surface area contributed by atoms with Gasteiger partial charge in [-0.05, 0) is 56.8 Å². The number of amides is 1. The van der Waals surface area contributed by atoms with Crippen molar-refractivity contribution in [3.05, 3.63) is 0 Å². The van der Waals surface area contributed by atoms with Crippen LogP contribution in [0.5, 0.6) is 0 Å². The maximum absolute atomic E-state index is 13.2. The summed E-state index contributed by atoms with van der Waals surface area (Å²) in [5, 5.41) is 0. The van der Waals surface area contributed by atoms with E-state index in [1.807, 2.05) is 0 Å². The quantitative estimate of drug-likeness (QED) is 0.796. The molecule has 4 nitrogen and oxygen atoms in total. The van der Waals surface area contributed by atoms with Gasteiger partial charge in [0.2, 0.25) is 5.91 Å². The van der Waals surface area contributed by atoms with Crippen LogP contribution >= 0.6 is 12.4 Å². The van der Waals surface area contributed by atoms with Gasteiger partial charge in [-0.2, -0.15) is 0 Å². The molecule has 0 aromatic carbocycles. The van der Waals surface area contributed by atoms with Crippen molar-refractivity contribution in [3.8, 4) is 0 Å². The lowest BCUT2D eigenvalue weighted by Gasteiger charge is -2.48. The molecule has 4 unspecified atom stereocenters. The van der Waals surface area contributed by atoms with Crippen molar-refractivity contribution in [1.82, 2.24) is 4.90 Å². The normalized spacial score (nSPS) is 43.3. The third-order valence-corrected chi connectivity index (χ3v) is 6.85. The van der Waals surface area contributed by atoms with E-state index in [0.717, 1.165) is 45.4 Å². The number of likely N-dealkylation sites (tertiary alicyclic amines) is 1. The zero-order valence-corrected chi connectivity index (χ0v) is 14.8. The molecule has 0 radical (unpaired) electrons. The van der Waals surface area contributed by atoms with E-state index < -0.39 is 0 Å². The van der Waals surface area contributed by atoms with Crippen molar-refractivity contribution in [2.24, 2.45) is 29.4 Å². The van der Waals surface area contributed by atoms with Gasteiger partial charge in [0, 0.05) is 37.1 Å². The molecule has 0 spiro atoms. The van der Waals surface area contributed by atoms with Gasteiger partial charge in [-0.25, -0.2) is 0 Å². The Morgan fingerprint density at radius 1 is 1.00 bits per heavy atom. The molecule has 0 aromatic rings. The van der Waals surface area contributed by atoms with Crippen LogP contribution in [0.15, 0.2) is 0 Å². The number of ether oxygens (including phenoxy) is 1. The van der Waals surface area contributed by atoms with E-state index in [0.29, 0.717) is 35.7 Å². The van der Waals surface area contributed by atoms with Gasteiger partial charge < -0.3 is 15.4 Å². The van der Waals surface area contributed by atoms with E-state index in [1.54, 1.807) is 0 Å². The number of hydrogen-bond acceptors (Lipinski definition) is 3. The number of nitrogens with two attached hydrogens (primary N) is 1. The van der Waals surface area contributed by atoms with Crippen molar-refractivity contribution < 1.29 is 9.53 Å². The van der Waals surface area contributed by atoms with Crippen LogP contribution in [-0.4, -0.2) is 42.6 Å². The summed E-state index contributed by atoms with van der Waals surface area (Å²) in [6, 6.07) is 0.806. The van der Waals surface area contributed by atoms with Crippen LogP contribution in [0.25, 0.3) is 0 Å². The maximum atomic E-state index is 13.2. The zero-order chi connectivity index (χ0) is 15.1. The highest BCUT2D eigenvalue weighted by Crippen LogP contribution is 2.43. The van der Waals surface area contributed by atoms with Crippen molar-refractivity contribution in [1.29, 1.82) is 0 Å². The number of rotatable bonds is 1. The summed E-state index contributed by atoms with van der Waals surface area (Å²) in [4.78, 5) is 15.4. The summed E-state index contributed by atoms with van der Waals surface area (Å²) in [6.07, 6.45) is 9.29. The first-order valence-corrected chi connectivity index (χ1v) is 9.38. The van der Waals surface area contributed by atoms with Crippen LogP contribution in [0.1, 0.15) is 51.4 Å². The number of carbonyl (C=O) groups excluding carboxylic acids is 1. The molecule has 4 atom stereocenters. The molecule has 2 aliphatic carbocycles. The minimum atomic E-state index is 0. The average molecular weight is 343 g/mol. The molecule has 2 heterocycles. The Labute approximate surface area is 145 Å². The summed E-state index contributed by atoms with van der Waals surface area (Å²) in [7, 11) is 0. The minimum Gasteiger partial charge on any atom is -0.381 e. The Balaban J connectivity index is 0.00000156. The summed E-state index contributed by atoms with van der Waals surface area (Å²) in [6.45, 7) is 2.65. The highest BCUT2D eigenvalue weighted by molar-refractivity contribution is 5.85. The van der Waals surface area contributed by atoms with E-state index in [2.05, 4.69) is 4.90 Å². The van der Waals surface area contributed by atoms with Gasteiger partial charge in [0.05, 0.1) is 6.61 Å². The first-order valence-electron chi connectivity index (χ1n) is 9.38. The molecule has 4 aliphatic rings. The summed E-state index contributed by atoms with van der Waals surface area (Å²) < 4.78 is 5.63. The number of nitrogens with zero attached hydrogens (tertiary/aromatic N) is 1. The highest BCUT2D eigenvalue weighted by atomic mass is 35.5. The largest absolute Gasteiger partial charge is 0.381 e. The van der Waals surface area contributed by atoms with Crippen molar-refractivity contribution in [2.75, 3.05) is 19.8 Å². The zero-order valence-electron chi connectivity index (χ0n) is 14.0. The molecule has 2 aliphatic heterocycles. The highest BCUT2D eigenvalue weighted by Gasteiger charge is 2.44. The van der Waals surface area contributed by atoms with E-state index in [1.165, 1.54) is 25.7 Å². The van der Waals surface area contributed by atoms with Crippen LogP contribution < -0.4 is 5.73 Å². The van der Waals surface area contributed by atoms with Gasteiger partial charge in [-0.15, -0.1) is 12.4 Å². The van der Waals surface area contributed by atoms with Gasteiger partial charge in [0.25, 0.3) is 0 Å². The van der Waals surface area contributed by atoms with Gasteiger partial charge in [0.15, 0.2) is 0 Å². The molecule has 4 rings (SSSR count). The molecule has 1 amide bonds. The first kappa shape index (κ1) is 17.5. The number of carbonyl (C=O) groups is 1. The molecule has 2 saturated carbocycles.